The Kier molecular flexibility index (Phi) is 4.31. The molecule has 0 saturated carbocycles. The van der Waals surface area contributed by atoms with E-state index in [0.29, 0.717) is 0 Å². The van der Waals surface area contributed by atoms with Crippen LogP contribution in [0.2, 0.25) is 0 Å². The molecule has 1 aromatic heterocycles. The van der Waals surface area contributed by atoms with Crippen LogP contribution in [0, 0.1) is 6.92 Å². The van der Waals surface area contributed by atoms with Crippen molar-refractivity contribution in [3.05, 3.63) is 46.3 Å². The van der Waals surface area contributed by atoms with Crippen LogP contribution in [0.5, 0.6) is 0 Å². The summed E-state index contributed by atoms with van der Waals surface area (Å²) >= 11 is 5.25. The predicted molar refractivity (Wildman–Crippen MR) is 74.5 cm³/mol. The van der Waals surface area contributed by atoms with E-state index in [2.05, 4.69) is 39.4 Å². The van der Waals surface area contributed by atoms with Crippen molar-refractivity contribution in [1.29, 1.82) is 0 Å². The largest absolute Gasteiger partial charge is 0.468 e. The molecule has 4 heteroatoms. The van der Waals surface area contributed by atoms with Gasteiger partial charge in [0.15, 0.2) is 0 Å². The summed E-state index contributed by atoms with van der Waals surface area (Å²) < 4.78 is 6.42. The maximum atomic E-state index is 5.32. The smallest absolute Gasteiger partial charge is 0.114 e. The van der Waals surface area contributed by atoms with Gasteiger partial charge in [0.05, 0.1) is 11.2 Å². The lowest BCUT2D eigenvalue weighted by molar-refractivity contribution is 0.527. The number of nitrogens with one attached hydrogen (secondary N) is 1. The summed E-state index contributed by atoms with van der Waals surface area (Å²) in [4.78, 5) is 2.42. The van der Waals surface area contributed by atoms with E-state index < -0.39 is 0 Å². The molecule has 0 amide bonds. The molecule has 0 fully saturated rings. The van der Waals surface area contributed by atoms with Crippen molar-refractivity contribution >= 4 is 27.7 Å². The minimum Gasteiger partial charge on any atom is -0.468 e. The zero-order chi connectivity index (χ0) is 12.3. The second-order valence-corrected chi connectivity index (χ2v) is 5.72. The number of aryl methyl sites for hydroxylation is 1. The normalized spacial score (nSPS) is 10.8. The molecule has 0 aliphatic rings. The predicted octanol–water partition coefficient (Wildman–Crippen LogP) is 4.22. The van der Waals surface area contributed by atoms with Crippen molar-refractivity contribution in [2.75, 3.05) is 7.05 Å². The lowest BCUT2D eigenvalue weighted by Crippen LogP contribution is -2.05. The van der Waals surface area contributed by atoms with E-state index in [-0.39, 0.29) is 0 Å². The zero-order valence-corrected chi connectivity index (χ0v) is 12.2. The summed E-state index contributed by atoms with van der Waals surface area (Å²) in [7, 11) is 1.96. The van der Waals surface area contributed by atoms with E-state index in [4.69, 9.17) is 4.42 Å². The van der Waals surface area contributed by atoms with Crippen LogP contribution in [0.4, 0.5) is 0 Å². The van der Waals surface area contributed by atoms with Gasteiger partial charge in [-0.2, -0.15) is 0 Å². The van der Waals surface area contributed by atoms with Crippen LogP contribution in [-0.2, 0) is 6.54 Å². The van der Waals surface area contributed by atoms with Crippen LogP contribution in [0.15, 0.2) is 49.2 Å². The fourth-order valence-corrected chi connectivity index (χ4v) is 3.08. The van der Waals surface area contributed by atoms with E-state index >= 15 is 0 Å². The Balaban J connectivity index is 2.30. The van der Waals surface area contributed by atoms with Gasteiger partial charge < -0.3 is 9.73 Å². The average Bonchev–Trinajstić information content (AvgIpc) is 2.69. The highest BCUT2D eigenvalue weighted by atomic mass is 79.9. The van der Waals surface area contributed by atoms with E-state index in [1.54, 1.807) is 18.0 Å². The molecule has 0 spiro atoms. The molecular formula is C13H14BrNOS. The summed E-state index contributed by atoms with van der Waals surface area (Å²) in [6, 6.07) is 8.35. The number of benzene rings is 1. The summed E-state index contributed by atoms with van der Waals surface area (Å²) in [5, 5.41) is 3.19. The van der Waals surface area contributed by atoms with Crippen LogP contribution >= 0.6 is 27.7 Å². The second kappa shape index (κ2) is 5.76. The Bertz CT molecular complexity index is 510. The molecule has 0 bridgehead atoms. The maximum absolute atomic E-state index is 5.32. The zero-order valence-electron chi connectivity index (χ0n) is 9.79. The second-order valence-electron chi connectivity index (χ2n) is 3.73. The molecule has 1 N–H and O–H groups in total. The highest BCUT2D eigenvalue weighted by molar-refractivity contribution is 9.10. The molecule has 0 aliphatic heterocycles. The minimum absolute atomic E-state index is 0.868. The van der Waals surface area contributed by atoms with Gasteiger partial charge in [-0.05, 0) is 37.7 Å². The molecule has 2 rings (SSSR count). The quantitative estimate of drug-likeness (QED) is 0.915. The van der Waals surface area contributed by atoms with Gasteiger partial charge in [0.2, 0.25) is 0 Å². The van der Waals surface area contributed by atoms with Crippen LogP contribution in [-0.4, -0.2) is 7.05 Å². The van der Waals surface area contributed by atoms with Gasteiger partial charge in [0.25, 0.3) is 0 Å². The molecule has 17 heavy (non-hydrogen) atoms. The first-order chi connectivity index (χ1) is 8.20. The highest BCUT2D eigenvalue weighted by Gasteiger charge is 2.08. The SMILES string of the molecule is CNCc1ccc(Br)cc1Sc1ccoc1C. The topological polar surface area (TPSA) is 25.2 Å². The molecule has 0 atom stereocenters. The molecule has 1 aromatic carbocycles. The lowest BCUT2D eigenvalue weighted by Gasteiger charge is -2.08. The third kappa shape index (κ3) is 3.15. The van der Waals surface area contributed by atoms with E-state index in [0.717, 1.165) is 16.8 Å². The van der Waals surface area contributed by atoms with Gasteiger partial charge in [0.1, 0.15) is 5.76 Å². The number of furan rings is 1. The Morgan fingerprint density at radius 3 is 2.76 bits per heavy atom. The number of rotatable bonds is 4. The molecule has 0 unspecified atom stereocenters. The summed E-state index contributed by atoms with van der Waals surface area (Å²) in [6.45, 7) is 2.85. The van der Waals surface area contributed by atoms with Crippen LogP contribution in [0.3, 0.4) is 0 Å². The average molecular weight is 312 g/mol. The van der Waals surface area contributed by atoms with Crippen molar-refractivity contribution in [2.24, 2.45) is 0 Å². The van der Waals surface area contributed by atoms with Gasteiger partial charge in [-0.1, -0.05) is 33.8 Å². The van der Waals surface area contributed by atoms with Gasteiger partial charge in [-0.3, -0.25) is 0 Å². The molecule has 0 saturated heterocycles. The van der Waals surface area contributed by atoms with E-state index in [1.165, 1.54) is 15.4 Å². The molecule has 0 aliphatic carbocycles. The summed E-state index contributed by atoms with van der Waals surface area (Å²) in [5.41, 5.74) is 1.29. The molecule has 0 radical (unpaired) electrons. The Morgan fingerprint density at radius 1 is 1.29 bits per heavy atom. The first-order valence-electron chi connectivity index (χ1n) is 5.35. The fourth-order valence-electron chi connectivity index (χ4n) is 1.56. The van der Waals surface area contributed by atoms with Crippen molar-refractivity contribution in [3.63, 3.8) is 0 Å². The van der Waals surface area contributed by atoms with Crippen molar-refractivity contribution in [2.45, 2.75) is 23.3 Å². The number of hydrogen-bond donors (Lipinski definition) is 1. The van der Waals surface area contributed by atoms with E-state index in [1.807, 2.05) is 20.0 Å². The minimum atomic E-state index is 0.868. The summed E-state index contributed by atoms with van der Waals surface area (Å²) in [5.74, 6) is 0.963. The summed E-state index contributed by atoms with van der Waals surface area (Å²) in [6.07, 6.45) is 1.73. The van der Waals surface area contributed by atoms with Gasteiger partial charge in [0, 0.05) is 15.9 Å². The molecule has 2 nitrogen and oxygen atoms in total. The molecule has 90 valence electrons. The number of halogens is 1. The highest BCUT2D eigenvalue weighted by Crippen LogP contribution is 2.34. The Labute approximate surface area is 114 Å². The monoisotopic (exact) mass is 311 g/mol. The number of hydrogen-bond acceptors (Lipinski definition) is 3. The first-order valence-corrected chi connectivity index (χ1v) is 6.96. The van der Waals surface area contributed by atoms with Crippen molar-refractivity contribution in [3.8, 4) is 0 Å². The van der Waals surface area contributed by atoms with Gasteiger partial charge in [-0.15, -0.1) is 0 Å². The third-order valence-electron chi connectivity index (χ3n) is 2.43. The standard InChI is InChI=1S/C13H14BrNOS/c1-9-12(5-6-16-9)17-13-7-11(14)4-3-10(13)8-15-2/h3-7,15H,8H2,1-2H3. The maximum Gasteiger partial charge on any atom is 0.114 e. The Hall–Kier alpha value is -0.710. The first kappa shape index (κ1) is 12.7. The molecule has 1 heterocycles. The van der Waals surface area contributed by atoms with Crippen LogP contribution in [0.25, 0.3) is 0 Å². The molecular weight excluding hydrogens is 298 g/mol. The van der Waals surface area contributed by atoms with Gasteiger partial charge in [-0.25, -0.2) is 0 Å². The van der Waals surface area contributed by atoms with Crippen molar-refractivity contribution < 1.29 is 4.42 Å². The van der Waals surface area contributed by atoms with Gasteiger partial charge >= 0.3 is 0 Å². The van der Waals surface area contributed by atoms with Crippen LogP contribution < -0.4 is 5.32 Å². The molecule has 2 aromatic rings. The van der Waals surface area contributed by atoms with E-state index in [9.17, 15) is 0 Å². The Morgan fingerprint density at radius 2 is 2.12 bits per heavy atom. The lowest BCUT2D eigenvalue weighted by atomic mass is 10.2. The van der Waals surface area contributed by atoms with Crippen LogP contribution in [0.1, 0.15) is 11.3 Å². The third-order valence-corrected chi connectivity index (χ3v) is 4.16. The van der Waals surface area contributed by atoms with Crippen molar-refractivity contribution in [1.82, 2.24) is 5.32 Å². The fraction of sp³-hybridized carbons (Fsp3) is 0.231.